The van der Waals surface area contributed by atoms with E-state index in [0.717, 1.165) is 63.7 Å². The standard InChI is InChI=1S/C36H35BN6O3/c1-5-26-14-15-38-21-31(26)33-16-27-17-34(42-36(44)28-20-40-43(2)23-28)39-22-32(27)35(41-33)37(18-24-6-10-29(45-3)11-7-24)19-25-8-12-30(46-4)13-9-25/h6-17,20-23H,5,18-19H2,1-4H3,(H,39,42,44). The Morgan fingerprint density at radius 2 is 1.57 bits per heavy atom. The third-order valence-corrected chi connectivity index (χ3v) is 8.19. The van der Waals surface area contributed by atoms with Crippen molar-refractivity contribution in [2.75, 3.05) is 19.5 Å². The lowest BCUT2D eigenvalue weighted by Gasteiger charge is -2.19. The largest absolute Gasteiger partial charge is 0.497 e. The maximum atomic E-state index is 13.0. The Kier molecular flexibility index (Phi) is 9.05. The SMILES string of the molecule is CCc1ccncc1-c1cc2cc(NC(=O)c3cnn(C)c3)ncc2c(B(Cc2ccc(OC)cc2)Cc2ccc(OC)cc2)n1. The molecule has 0 aliphatic carbocycles. The number of nitrogens with zero attached hydrogens (tertiary/aromatic N) is 5. The molecule has 0 fully saturated rings. The van der Waals surface area contributed by atoms with Gasteiger partial charge in [-0.3, -0.25) is 19.4 Å². The molecule has 4 heterocycles. The van der Waals surface area contributed by atoms with E-state index in [4.69, 9.17) is 14.5 Å². The first-order valence-corrected chi connectivity index (χ1v) is 15.2. The van der Waals surface area contributed by atoms with Crippen LogP contribution < -0.4 is 20.4 Å². The molecule has 1 amide bonds. The molecule has 46 heavy (non-hydrogen) atoms. The van der Waals surface area contributed by atoms with Gasteiger partial charge in [0.1, 0.15) is 17.3 Å². The second kappa shape index (κ2) is 13.6. The van der Waals surface area contributed by atoms with Gasteiger partial charge >= 0.3 is 0 Å². The van der Waals surface area contributed by atoms with Crippen molar-refractivity contribution in [1.82, 2.24) is 24.7 Å². The summed E-state index contributed by atoms with van der Waals surface area (Å²) < 4.78 is 12.4. The Hall–Kier alpha value is -5.51. The predicted molar refractivity (Wildman–Crippen MR) is 182 cm³/mol. The average molecular weight is 611 g/mol. The van der Waals surface area contributed by atoms with Crippen molar-refractivity contribution < 1.29 is 14.3 Å². The average Bonchev–Trinajstić information content (AvgIpc) is 3.54. The second-order valence-electron chi connectivity index (χ2n) is 11.2. The van der Waals surface area contributed by atoms with Gasteiger partial charge in [-0.05, 0) is 72.5 Å². The predicted octanol–water partition coefficient (Wildman–Crippen LogP) is 5.52. The minimum atomic E-state index is -0.271. The van der Waals surface area contributed by atoms with Crippen LogP contribution in [0.25, 0.3) is 22.0 Å². The zero-order valence-corrected chi connectivity index (χ0v) is 26.4. The number of nitrogens with one attached hydrogen (secondary N) is 1. The van der Waals surface area contributed by atoms with Crippen LogP contribution in [0.5, 0.6) is 11.5 Å². The van der Waals surface area contributed by atoms with Crippen LogP contribution in [0.4, 0.5) is 5.82 Å². The van der Waals surface area contributed by atoms with Crippen LogP contribution in [-0.2, 0) is 26.1 Å². The van der Waals surface area contributed by atoms with E-state index in [1.807, 2.05) is 55.0 Å². The molecule has 230 valence electrons. The van der Waals surface area contributed by atoms with Crippen molar-refractivity contribution in [3.8, 4) is 22.8 Å². The number of benzene rings is 2. The van der Waals surface area contributed by atoms with Gasteiger partial charge in [0.25, 0.3) is 5.91 Å². The maximum Gasteiger partial charge on any atom is 0.260 e. The number of hydrogen-bond acceptors (Lipinski definition) is 7. The first kappa shape index (κ1) is 30.5. The number of rotatable bonds is 11. The molecular formula is C36H35BN6O3. The summed E-state index contributed by atoms with van der Waals surface area (Å²) in [5.41, 5.74) is 6.71. The summed E-state index contributed by atoms with van der Waals surface area (Å²) in [6.07, 6.45) is 11.1. The summed E-state index contributed by atoms with van der Waals surface area (Å²) in [5, 5.41) is 8.91. The van der Waals surface area contributed by atoms with Gasteiger partial charge in [0.15, 0.2) is 0 Å². The number of fused-ring (bicyclic) bond motifs is 1. The van der Waals surface area contributed by atoms with Crippen molar-refractivity contribution in [2.24, 2.45) is 7.05 Å². The van der Waals surface area contributed by atoms with E-state index in [1.165, 1.54) is 17.3 Å². The molecule has 0 spiro atoms. The van der Waals surface area contributed by atoms with Gasteiger partial charge in [-0.2, -0.15) is 5.10 Å². The van der Waals surface area contributed by atoms with Crippen LogP contribution in [-0.4, -0.2) is 51.6 Å². The third kappa shape index (κ3) is 6.76. The smallest absolute Gasteiger partial charge is 0.260 e. The molecular weight excluding hydrogens is 575 g/mol. The molecule has 6 aromatic rings. The van der Waals surface area contributed by atoms with E-state index in [1.54, 1.807) is 32.1 Å². The first-order chi connectivity index (χ1) is 22.4. The van der Waals surface area contributed by atoms with Crippen LogP contribution in [0.15, 0.2) is 97.7 Å². The van der Waals surface area contributed by atoms with Gasteiger partial charge in [-0.1, -0.05) is 42.3 Å². The quantitative estimate of drug-likeness (QED) is 0.193. The Labute approximate surface area is 268 Å². The van der Waals surface area contributed by atoms with Gasteiger partial charge in [0.05, 0.1) is 31.7 Å². The summed E-state index contributed by atoms with van der Waals surface area (Å²) in [6.45, 7) is 2.14. The highest BCUT2D eigenvalue weighted by Gasteiger charge is 2.25. The van der Waals surface area contributed by atoms with Crippen LogP contribution in [0, 0.1) is 0 Å². The molecule has 0 radical (unpaired) electrons. The zero-order chi connectivity index (χ0) is 32.0. The minimum absolute atomic E-state index is 0.00335. The van der Waals surface area contributed by atoms with Crippen LogP contribution >= 0.6 is 0 Å². The van der Waals surface area contributed by atoms with E-state index in [0.29, 0.717) is 11.4 Å². The van der Waals surface area contributed by atoms with E-state index >= 15 is 0 Å². The maximum absolute atomic E-state index is 13.0. The number of pyridine rings is 3. The fraction of sp³-hybridized carbons (Fsp3) is 0.194. The van der Waals surface area contributed by atoms with Crippen molar-refractivity contribution in [3.63, 3.8) is 0 Å². The molecule has 6 rings (SSSR count). The lowest BCUT2D eigenvalue weighted by Crippen LogP contribution is -2.39. The van der Waals surface area contributed by atoms with Crippen molar-refractivity contribution >= 4 is 34.8 Å². The summed E-state index contributed by atoms with van der Waals surface area (Å²) in [6, 6.07) is 22.4. The molecule has 0 bridgehead atoms. The van der Waals surface area contributed by atoms with E-state index in [-0.39, 0.29) is 12.6 Å². The summed E-state index contributed by atoms with van der Waals surface area (Å²) >= 11 is 0. The van der Waals surface area contributed by atoms with Crippen molar-refractivity contribution in [2.45, 2.75) is 26.0 Å². The molecule has 2 aromatic carbocycles. The zero-order valence-electron chi connectivity index (χ0n) is 26.4. The second-order valence-corrected chi connectivity index (χ2v) is 11.2. The number of methoxy groups -OCH3 is 2. The van der Waals surface area contributed by atoms with Crippen LogP contribution in [0.1, 0.15) is 34.0 Å². The number of hydrogen-bond donors (Lipinski definition) is 1. The topological polar surface area (TPSA) is 104 Å². The molecule has 0 aliphatic rings. The number of anilines is 1. The summed E-state index contributed by atoms with van der Waals surface area (Å²) in [7, 11) is 5.12. The lowest BCUT2D eigenvalue weighted by atomic mass is 9.40. The highest BCUT2D eigenvalue weighted by Crippen LogP contribution is 2.27. The highest BCUT2D eigenvalue weighted by atomic mass is 16.5. The van der Waals surface area contributed by atoms with Gasteiger partial charge in [-0.15, -0.1) is 0 Å². The van der Waals surface area contributed by atoms with Crippen molar-refractivity contribution in [3.05, 3.63) is 120 Å². The summed E-state index contributed by atoms with van der Waals surface area (Å²) in [5.74, 6) is 1.81. The number of carbonyl (C=O) groups excluding carboxylic acids is 1. The Morgan fingerprint density at radius 1 is 0.891 bits per heavy atom. The Bertz CT molecular complexity index is 1930. The summed E-state index contributed by atoms with van der Waals surface area (Å²) in [4.78, 5) is 27.4. The van der Waals surface area contributed by atoms with Crippen molar-refractivity contribution in [1.29, 1.82) is 0 Å². The monoisotopic (exact) mass is 610 g/mol. The minimum Gasteiger partial charge on any atom is -0.497 e. The number of aromatic nitrogens is 5. The van der Waals surface area contributed by atoms with E-state index in [2.05, 4.69) is 57.6 Å². The molecule has 0 saturated heterocycles. The van der Waals surface area contributed by atoms with Gasteiger partial charge in [0.2, 0.25) is 6.71 Å². The Balaban J connectivity index is 1.48. The van der Waals surface area contributed by atoms with Gasteiger partial charge in [0, 0.05) is 48.4 Å². The van der Waals surface area contributed by atoms with Crippen LogP contribution in [0.3, 0.4) is 0 Å². The fourth-order valence-corrected chi connectivity index (χ4v) is 5.74. The third-order valence-electron chi connectivity index (χ3n) is 8.19. The molecule has 0 unspecified atom stereocenters. The lowest BCUT2D eigenvalue weighted by molar-refractivity contribution is 0.102. The molecule has 1 N–H and O–H groups in total. The molecule has 0 atom stereocenters. The number of carbonyl (C=O) groups is 1. The Morgan fingerprint density at radius 3 is 2.15 bits per heavy atom. The van der Waals surface area contributed by atoms with Gasteiger partial charge < -0.3 is 14.8 Å². The van der Waals surface area contributed by atoms with E-state index in [9.17, 15) is 4.79 Å². The fourth-order valence-electron chi connectivity index (χ4n) is 5.74. The normalized spacial score (nSPS) is 11.0. The molecule has 9 nitrogen and oxygen atoms in total. The number of aryl methyl sites for hydroxylation is 2. The number of ether oxygens (including phenoxy) is 2. The molecule has 4 aromatic heterocycles. The van der Waals surface area contributed by atoms with Crippen LogP contribution in [0.2, 0.25) is 0 Å². The van der Waals surface area contributed by atoms with Gasteiger partial charge in [-0.25, -0.2) is 4.98 Å². The molecule has 0 saturated carbocycles. The van der Waals surface area contributed by atoms with E-state index < -0.39 is 0 Å². The molecule has 0 aliphatic heterocycles. The number of amides is 1. The first-order valence-electron chi connectivity index (χ1n) is 15.2. The molecule has 10 heteroatoms. The highest BCUT2D eigenvalue weighted by molar-refractivity contribution is 6.73.